The van der Waals surface area contributed by atoms with Gasteiger partial charge in [0.2, 0.25) is 0 Å². The van der Waals surface area contributed by atoms with Gasteiger partial charge in [-0.15, -0.1) is 0 Å². The first-order chi connectivity index (χ1) is 12.5. The Bertz CT molecular complexity index is 750. The number of aliphatic carboxylic acids is 1. The maximum absolute atomic E-state index is 12.4. The van der Waals surface area contributed by atoms with Gasteiger partial charge in [-0.05, 0) is 30.6 Å². The number of hydrogen-bond donors (Lipinski definition) is 1. The fraction of sp³-hybridized carbons (Fsp3) is 0.409. The van der Waals surface area contributed by atoms with Crippen LogP contribution in [0.2, 0.25) is 0 Å². The molecule has 0 spiro atoms. The maximum Gasteiger partial charge on any atom is 0.312 e. The summed E-state index contributed by atoms with van der Waals surface area (Å²) in [4.78, 5) is 12.4. The summed E-state index contributed by atoms with van der Waals surface area (Å²) in [5.74, 6) is -0.268. The predicted octanol–water partition coefficient (Wildman–Crippen LogP) is 4.33. The number of fused-ring (bicyclic) bond motifs is 2. The molecule has 0 amide bonds. The predicted molar refractivity (Wildman–Crippen MR) is 105 cm³/mol. The molecule has 3 nitrogen and oxygen atoms in total. The average Bonchev–Trinajstić information content (AvgIpc) is 3.04. The summed E-state index contributed by atoms with van der Waals surface area (Å²) >= 11 is 0. The number of carboxylic acid groups (broad SMARTS) is 1. The van der Waals surface area contributed by atoms with Crippen LogP contribution in [0.5, 0.6) is 0 Å². The van der Waals surface area contributed by atoms with Crippen molar-refractivity contribution in [2.24, 2.45) is 16.7 Å². The van der Waals surface area contributed by atoms with Crippen LogP contribution in [-0.2, 0) is 9.32 Å². The Kier molecular flexibility index (Phi) is 4.41. The molecule has 136 valence electrons. The molecule has 2 aromatic rings. The molecule has 0 aromatic heterocycles. The van der Waals surface area contributed by atoms with Crippen molar-refractivity contribution in [2.45, 2.75) is 39.2 Å². The number of carbonyl (C=O) groups is 1. The van der Waals surface area contributed by atoms with Gasteiger partial charge in [-0.25, -0.2) is 0 Å². The molecule has 0 aliphatic heterocycles. The summed E-state index contributed by atoms with van der Waals surface area (Å²) in [6.45, 7) is 4.24. The Hall–Kier alpha value is -1.70. The van der Waals surface area contributed by atoms with Gasteiger partial charge in [-0.1, -0.05) is 74.5 Å². The van der Waals surface area contributed by atoms with Crippen molar-refractivity contribution in [3.8, 4) is 0 Å². The monoisotopic (exact) mass is 368 g/mol. The van der Waals surface area contributed by atoms with Gasteiger partial charge in [0.15, 0.2) is 0 Å². The standard InChI is InChI=1S/C22H25O3P/c1-21(2)16-13-14-22(21,20(23)24)19(15-16)25-26(17-9-5-3-6-10-17)18-11-7-4-8-12-18/h3-12,16,19H,13-15H2,1-2H3,(H,23,24)/t16-,19-,22+/m1/s1. The van der Waals surface area contributed by atoms with Crippen LogP contribution >= 0.6 is 8.15 Å². The zero-order valence-electron chi connectivity index (χ0n) is 15.3. The lowest BCUT2D eigenvalue weighted by Crippen LogP contribution is -2.46. The molecule has 3 atom stereocenters. The van der Waals surface area contributed by atoms with E-state index in [2.05, 4.69) is 38.1 Å². The largest absolute Gasteiger partial charge is 0.481 e. The average molecular weight is 368 g/mol. The third kappa shape index (κ3) is 2.52. The Balaban J connectivity index is 1.72. The summed E-state index contributed by atoms with van der Waals surface area (Å²) in [6, 6.07) is 20.4. The molecule has 26 heavy (non-hydrogen) atoms. The number of hydrogen-bond acceptors (Lipinski definition) is 2. The highest BCUT2D eigenvalue weighted by atomic mass is 31.1. The molecule has 0 unspecified atom stereocenters. The molecule has 2 aromatic carbocycles. The Morgan fingerprint density at radius 1 is 1.04 bits per heavy atom. The van der Waals surface area contributed by atoms with Gasteiger partial charge >= 0.3 is 5.97 Å². The second-order valence-corrected chi connectivity index (χ2v) is 9.86. The van der Waals surface area contributed by atoms with Gasteiger partial charge in [0.05, 0.1) is 19.7 Å². The van der Waals surface area contributed by atoms with Gasteiger partial charge in [0.25, 0.3) is 0 Å². The highest BCUT2D eigenvalue weighted by Crippen LogP contribution is 2.68. The smallest absolute Gasteiger partial charge is 0.312 e. The van der Waals surface area contributed by atoms with Crippen LogP contribution in [0.15, 0.2) is 60.7 Å². The lowest BCUT2D eigenvalue weighted by atomic mass is 9.68. The number of rotatable bonds is 5. The Labute approximate surface area is 156 Å². The van der Waals surface area contributed by atoms with Gasteiger partial charge in [-0.3, -0.25) is 4.79 Å². The SMILES string of the molecule is CC1(C)[C@@H]2CC[C@@]1(C(=O)O)[C@H](OP(c1ccccc1)c1ccccc1)C2. The molecule has 2 aliphatic carbocycles. The lowest BCUT2D eigenvalue weighted by Gasteiger charge is -2.39. The zero-order chi connectivity index (χ0) is 18.4. The normalized spacial score (nSPS) is 29.2. The minimum Gasteiger partial charge on any atom is -0.481 e. The first-order valence-corrected chi connectivity index (χ1v) is 10.5. The van der Waals surface area contributed by atoms with E-state index in [1.807, 2.05) is 36.4 Å². The van der Waals surface area contributed by atoms with Crippen LogP contribution in [0.4, 0.5) is 0 Å². The van der Waals surface area contributed by atoms with E-state index in [4.69, 9.17) is 4.52 Å². The molecule has 2 fully saturated rings. The van der Waals surface area contributed by atoms with Gasteiger partial charge < -0.3 is 9.63 Å². The summed E-state index contributed by atoms with van der Waals surface area (Å²) in [6.07, 6.45) is 2.32. The third-order valence-electron chi connectivity index (χ3n) is 6.70. The van der Waals surface area contributed by atoms with Crippen molar-refractivity contribution >= 4 is 24.7 Å². The van der Waals surface area contributed by atoms with Crippen molar-refractivity contribution in [3.63, 3.8) is 0 Å². The molecule has 0 saturated heterocycles. The Morgan fingerprint density at radius 2 is 1.58 bits per heavy atom. The molecule has 0 radical (unpaired) electrons. The van der Waals surface area contributed by atoms with Crippen LogP contribution in [-0.4, -0.2) is 17.2 Å². The van der Waals surface area contributed by atoms with Gasteiger partial charge in [0, 0.05) is 10.6 Å². The van der Waals surface area contributed by atoms with E-state index in [0.717, 1.165) is 29.9 Å². The molecule has 4 rings (SSSR count). The summed E-state index contributed by atoms with van der Waals surface area (Å²) in [5.41, 5.74) is -1.00. The van der Waals surface area contributed by atoms with E-state index < -0.39 is 19.5 Å². The van der Waals surface area contributed by atoms with E-state index in [-0.39, 0.29) is 11.5 Å². The highest BCUT2D eigenvalue weighted by Gasteiger charge is 2.69. The molecule has 4 heteroatoms. The Morgan fingerprint density at radius 3 is 2.04 bits per heavy atom. The molecule has 0 heterocycles. The van der Waals surface area contributed by atoms with Crippen molar-refractivity contribution in [2.75, 3.05) is 0 Å². The highest BCUT2D eigenvalue weighted by molar-refractivity contribution is 7.68. The summed E-state index contributed by atoms with van der Waals surface area (Å²) in [7, 11) is -1.04. The molecular formula is C22H25O3P. The lowest BCUT2D eigenvalue weighted by molar-refractivity contribution is -0.159. The van der Waals surface area contributed by atoms with Crippen molar-refractivity contribution in [1.82, 2.24) is 0 Å². The van der Waals surface area contributed by atoms with E-state index in [1.165, 1.54) is 0 Å². The summed E-state index contributed by atoms with van der Waals surface area (Å²) in [5, 5.41) is 12.4. The minimum atomic E-state index is -1.04. The van der Waals surface area contributed by atoms with Crippen LogP contribution in [0.25, 0.3) is 0 Å². The maximum atomic E-state index is 12.4. The molecule has 2 saturated carbocycles. The first kappa shape index (κ1) is 17.7. The molecule has 2 bridgehead atoms. The minimum absolute atomic E-state index is 0.224. The van der Waals surface area contributed by atoms with Crippen molar-refractivity contribution in [3.05, 3.63) is 60.7 Å². The quantitative estimate of drug-likeness (QED) is 0.799. The molecule has 2 aliphatic rings. The van der Waals surface area contributed by atoms with Gasteiger partial charge in [-0.2, -0.15) is 0 Å². The third-order valence-corrected chi connectivity index (χ3v) is 8.70. The second kappa shape index (κ2) is 6.48. The fourth-order valence-electron chi connectivity index (χ4n) is 5.08. The molecular weight excluding hydrogens is 343 g/mol. The van der Waals surface area contributed by atoms with E-state index in [9.17, 15) is 9.90 Å². The van der Waals surface area contributed by atoms with Crippen LogP contribution < -0.4 is 10.6 Å². The van der Waals surface area contributed by atoms with Crippen LogP contribution in [0.1, 0.15) is 33.1 Å². The fourth-order valence-corrected chi connectivity index (χ4v) is 7.02. The van der Waals surface area contributed by atoms with Gasteiger partial charge in [0.1, 0.15) is 0 Å². The van der Waals surface area contributed by atoms with Crippen LogP contribution in [0.3, 0.4) is 0 Å². The van der Waals surface area contributed by atoms with E-state index in [0.29, 0.717) is 5.92 Å². The number of carboxylic acids is 1. The summed E-state index contributed by atoms with van der Waals surface area (Å²) < 4.78 is 6.70. The van der Waals surface area contributed by atoms with E-state index >= 15 is 0 Å². The topological polar surface area (TPSA) is 46.5 Å². The zero-order valence-corrected chi connectivity index (χ0v) is 16.2. The van der Waals surface area contributed by atoms with E-state index in [1.54, 1.807) is 0 Å². The number of benzene rings is 2. The van der Waals surface area contributed by atoms with Crippen molar-refractivity contribution < 1.29 is 14.4 Å². The molecule has 1 N–H and O–H groups in total. The van der Waals surface area contributed by atoms with Crippen molar-refractivity contribution in [1.29, 1.82) is 0 Å². The first-order valence-electron chi connectivity index (χ1n) is 9.27. The van der Waals surface area contributed by atoms with Crippen LogP contribution in [0, 0.1) is 16.7 Å². The second-order valence-electron chi connectivity index (χ2n) is 8.03.